The van der Waals surface area contributed by atoms with E-state index >= 15 is 0 Å². The maximum atomic E-state index is 12.0. The number of pyridine rings is 1. The largest absolute Gasteiger partial charge is 0.346 e. The van der Waals surface area contributed by atoms with Gasteiger partial charge in [0.15, 0.2) is 0 Å². The van der Waals surface area contributed by atoms with Crippen molar-refractivity contribution in [3.8, 4) is 0 Å². The normalized spacial score (nSPS) is 19.5. The van der Waals surface area contributed by atoms with Crippen molar-refractivity contribution in [3.05, 3.63) is 30.1 Å². The average Bonchev–Trinajstić information content (AvgIpc) is 2.97. The molecule has 2 aromatic rings. The van der Waals surface area contributed by atoms with Crippen LogP contribution >= 0.6 is 0 Å². The highest BCUT2D eigenvalue weighted by Gasteiger charge is 2.28. The topological polar surface area (TPSA) is 49.0 Å². The van der Waals surface area contributed by atoms with Gasteiger partial charge in [-0.15, -0.1) is 0 Å². The summed E-state index contributed by atoms with van der Waals surface area (Å²) in [6, 6.07) is 4.12. The molecule has 0 aromatic carbocycles. The van der Waals surface area contributed by atoms with Gasteiger partial charge in [0.25, 0.3) is 0 Å². The van der Waals surface area contributed by atoms with Gasteiger partial charge in [0.05, 0.1) is 0 Å². The summed E-state index contributed by atoms with van der Waals surface area (Å²) in [5.74, 6) is 0.828. The Morgan fingerprint density at radius 1 is 1.53 bits per heavy atom. The number of carbonyl (C=O) groups is 1. The Hall–Kier alpha value is -1.84. The Labute approximate surface area is 112 Å². The van der Waals surface area contributed by atoms with Crippen LogP contribution in [0.15, 0.2) is 24.5 Å². The molecule has 3 rings (SSSR count). The fourth-order valence-electron chi connectivity index (χ4n) is 2.90. The molecule has 1 unspecified atom stereocenters. The molecule has 0 spiro atoms. The van der Waals surface area contributed by atoms with Gasteiger partial charge in [-0.05, 0) is 30.0 Å². The monoisotopic (exact) mass is 257 g/mol. The van der Waals surface area contributed by atoms with Crippen LogP contribution < -0.4 is 0 Å². The molecule has 0 saturated carbocycles. The molecule has 3 heterocycles. The average molecular weight is 257 g/mol. The number of nitrogens with one attached hydrogen (secondary N) is 1. The van der Waals surface area contributed by atoms with Crippen molar-refractivity contribution in [2.75, 3.05) is 6.54 Å². The number of hydrogen-bond donors (Lipinski definition) is 1. The Balaban J connectivity index is 1.72. The highest BCUT2D eigenvalue weighted by molar-refractivity contribution is 5.79. The molecule has 0 radical (unpaired) electrons. The van der Waals surface area contributed by atoms with Crippen LogP contribution in [0.2, 0.25) is 0 Å². The number of H-pyrrole nitrogens is 1. The summed E-state index contributed by atoms with van der Waals surface area (Å²) in [7, 11) is 0. The molecule has 1 aliphatic heterocycles. The van der Waals surface area contributed by atoms with Gasteiger partial charge < -0.3 is 9.88 Å². The predicted octanol–water partition coefficient (Wildman–Crippen LogP) is 2.71. The molecule has 0 aliphatic carbocycles. The van der Waals surface area contributed by atoms with Gasteiger partial charge in [-0.1, -0.05) is 13.3 Å². The number of fused-ring (bicyclic) bond motifs is 1. The second-order valence-corrected chi connectivity index (χ2v) is 5.39. The summed E-state index contributed by atoms with van der Waals surface area (Å²) in [6.07, 6.45) is 6.77. The first-order valence-electron chi connectivity index (χ1n) is 6.96. The van der Waals surface area contributed by atoms with Crippen molar-refractivity contribution in [2.45, 2.75) is 32.7 Å². The van der Waals surface area contributed by atoms with Crippen LogP contribution in [0.4, 0.5) is 0 Å². The van der Waals surface area contributed by atoms with E-state index in [1.54, 1.807) is 0 Å². The lowest BCUT2D eigenvalue weighted by Crippen LogP contribution is -2.24. The summed E-state index contributed by atoms with van der Waals surface area (Å²) in [6.45, 7) is 3.77. The number of aromatic amines is 1. The van der Waals surface area contributed by atoms with Gasteiger partial charge in [-0.25, -0.2) is 4.98 Å². The first-order valence-corrected chi connectivity index (χ1v) is 6.96. The molecular weight excluding hydrogens is 238 g/mol. The lowest BCUT2D eigenvalue weighted by atomic mass is 10.0. The highest BCUT2D eigenvalue weighted by atomic mass is 16.2. The van der Waals surface area contributed by atoms with Gasteiger partial charge in [-0.2, -0.15) is 0 Å². The fraction of sp³-hybridized carbons (Fsp3) is 0.467. The van der Waals surface area contributed by atoms with Crippen LogP contribution in [0.1, 0.15) is 31.7 Å². The Bertz CT molecular complexity index is 590. The standard InChI is InChI=1S/C15H19N3O/c1-2-3-11-7-14(19)18(9-11)10-12-6-13-4-5-16-15(13)17-8-12/h4-6,8,11H,2-3,7,9-10H2,1H3,(H,16,17). The van der Waals surface area contributed by atoms with E-state index in [0.717, 1.165) is 36.0 Å². The SMILES string of the molecule is CCCC1CC(=O)N(Cc2cnc3[nH]ccc3c2)C1. The zero-order chi connectivity index (χ0) is 13.2. The third kappa shape index (κ3) is 2.48. The summed E-state index contributed by atoms with van der Waals surface area (Å²) < 4.78 is 0. The molecule has 4 heteroatoms. The van der Waals surface area contributed by atoms with Gasteiger partial charge in [-0.3, -0.25) is 4.79 Å². The molecular formula is C15H19N3O. The molecule has 19 heavy (non-hydrogen) atoms. The second-order valence-electron chi connectivity index (χ2n) is 5.39. The van der Waals surface area contributed by atoms with Gasteiger partial charge in [0.1, 0.15) is 5.65 Å². The van der Waals surface area contributed by atoms with E-state index in [9.17, 15) is 4.79 Å². The van der Waals surface area contributed by atoms with Crippen molar-refractivity contribution in [1.82, 2.24) is 14.9 Å². The minimum Gasteiger partial charge on any atom is -0.346 e. The first-order chi connectivity index (χ1) is 9.26. The van der Waals surface area contributed by atoms with E-state index in [1.807, 2.05) is 23.4 Å². The highest BCUT2D eigenvalue weighted by Crippen LogP contribution is 2.24. The number of carbonyl (C=O) groups excluding carboxylic acids is 1. The second kappa shape index (κ2) is 5.03. The molecule has 1 aliphatic rings. The summed E-state index contributed by atoms with van der Waals surface area (Å²) in [5, 5.41) is 1.11. The van der Waals surface area contributed by atoms with Crippen molar-refractivity contribution in [3.63, 3.8) is 0 Å². The number of nitrogens with zero attached hydrogens (tertiary/aromatic N) is 2. The summed E-state index contributed by atoms with van der Waals surface area (Å²) in [4.78, 5) is 21.4. The molecule has 1 atom stereocenters. The Morgan fingerprint density at radius 2 is 2.42 bits per heavy atom. The Morgan fingerprint density at radius 3 is 3.26 bits per heavy atom. The lowest BCUT2D eigenvalue weighted by Gasteiger charge is -2.16. The Kier molecular flexibility index (Phi) is 3.23. The van der Waals surface area contributed by atoms with E-state index in [0.29, 0.717) is 18.9 Å². The van der Waals surface area contributed by atoms with Crippen LogP contribution in [0.3, 0.4) is 0 Å². The van der Waals surface area contributed by atoms with Crippen molar-refractivity contribution < 1.29 is 4.79 Å². The molecule has 1 fully saturated rings. The smallest absolute Gasteiger partial charge is 0.223 e. The molecule has 2 aromatic heterocycles. The number of amides is 1. The van der Waals surface area contributed by atoms with Crippen LogP contribution in [0.25, 0.3) is 11.0 Å². The van der Waals surface area contributed by atoms with Crippen LogP contribution in [-0.2, 0) is 11.3 Å². The van der Waals surface area contributed by atoms with Gasteiger partial charge >= 0.3 is 0 Å². The third-order valence-corrected chi connectivity index (χ3v) is 3.82. The predicted molar refractivity (Wildman–Crippen MR) is 74.5 cm³/mol. The summed E-state index contributed by atoms with van der Waals surface area (Å²) in [5.41, 5.74) is 2.01. The van der Waals surface area contributed by atoms with Crippen molar-refractivity contribution in [2.24, 2.45) is 5.92 Å². The molecule has 4 nitrogen and oxygen atoms in total. The van der Waals surface area contributed by atoms with Crippen LogP contribution in [0, 0.1) is 5.92 Å². The van der Waals surface area contributed by atoms with Crippen LogP contribution in [-0.4, -0.2) is 27.3 Å². The maximum absolute atomic E-state index is 12.0. The summed E-state index contributed by atoms with van der Waals surface area (Å²) >= 11 is 0. The maximum Gasteiger partial charge on any atom is 0.223 e. The van der Waals surface area contributed by atoms with Crippen molar-refractivity contribution >= 4 is 16.9 Å². The quantitative estimate of drug-likeness (QED) is 0.915. The molecule has 1 N–H and O–H groups in total. The van der Waals surface area contributed by atoms with E-state index in [4.69, 9.17) is 0 Å². The third-order valence-electron chi connectivity index (χ3n) is 3.82. The lowest BCUT2D eigenvalue weighted by molar-refractivity contribution is -0.128. The molecule has 1 saturated heterocycles. The fourth-order valence-corrected chi connectivity index (χ4v) is 2.90. The van der Waals surface area contributed by atoms with Crippen LogP contribution in [0.5, 0.6) is 0 Å². The number of likely N-dealkylation sites (tertiary alicyclic amines) is 1. The minimum absolute atomic E-state index is 0.285. The van der Waals surface area contributed by atoms with Gasteiger partial charge in [0.2, 0.25) is 5.91 Å². The zero-order valence-electron chi connectivity index (χ0n) is 11.2. The first kappa shape index (κ1) is 12.2. The number of aromatic nitrogens is 2. The van der Waals surface area contributed by atoms with Gasteiger partial charge in [0, 0.05) is 37.3 Å². The number of hydrogen-bond acceptors (Lipinski definition) is 2. The molecule has 1 amide bonds. The molecule has 0 bridgehead atoms. The number of rotatable bonds is 4. The van der Waals surface area contributed by atoms with E-state index < -0.39 is 0 Å². The molecule has 100 valence electrons. The van der Waals surface area contributed by atoms with E-state index in [1.165, 1.54) is 0 Å². The van der Waals surface area contributed by atoms with Crippen molar-refractivity contribution in [1.29, 1.82) is 0 Å². The van der Waals surface area contributed by atoms with E-state index in [-0.39, 0.29) is 5.91 Å². The minimum atomic E-state index is 0.285. The zero-order valence-corrected chi connectivity index (χ0v) is 11.2. The van der Waals surface area contributed by atoms with E-state index in [2.05, 4.69) is 23.0 Å².